The minimum Gasteiger partial charge on any atom is -0.384 e. The lowest BCUT2D eigenvalue weighted by Crippen LogP contribution is -2.41. The third-order valence-corrected chi connectivity index (χ3v) is 2.89. The van der Waals surface area contributed by atoms with Gasteiger partial charge < -0.3 is 15.6 Å². The third kappa shape index (κ3) is 1.87. The minimum atomic E-state index is -3.55. The van der Waals surface area contributed by atoms with Crippen molar-refractivity contribution < 1.29 is 18.6 Å². The van der Waals surface area contributed by atoms with Gasteiger partial charge in [-0.1, -0.05) is 6.92 Å². The lowest BCUT2D eigenvalue weighted by Gasteiger charge is -2.20. The molecule has 3 N–H and O–H groups in total. The SMILES string of the molecule is CCC1OC(n2ccc(N)nc2=O)C(F)(F)C1O. The molecule has 6 nitrogen and oxygen atoms in total. The Hall–Kier alpha value is -1.54. The van der Waals surface area contributed by atoms with E-state index in [-0.39, 0.29) is 12.2 Å². The van der Waals surface area contributed by atoms with Crippen LogP contribution in [0.4, 0.5) is 14.6 Å². The van der Waals surface area contributed by atoms with E-state index in [1.807, 2.05) is 0 Å². The maximum atomic E-state index is 13.8. The molecule has 0 aromatic carbocycles. The summed E-state index contributed by atoms with van der Waals surface area (Å²) in [4.78, 5) is 14.8. The molecular weight excluding hydrogens is 248 g/mol. The number of hydrogen-bond donors (Lipinski definition) is 2. The van der Waals surface area contributed by atoms with Crippen LogP contribution in [0.15, 0.2) is 17.1 Å². The summed E-state index contributed by atoms with van der Waals surface area (Å²) >= 11 is 0. The number of nitrogen functional groups attached to an aromatic ring is 1. The van der Waals surface area contributed by atoms with Gasteiger partial charge >= 0.3 is 11.6 Å². The number of ether oxygens (including phenoxy) is 1. The fourth-order valence-corrected chi connectivity index (χ4v) is 1.90. The average molecular weight is 261 g/mol. The molecule has 0 radical (unpaired) electrons. The minimum absolute atomic E-state index is 0.0647. The number of nitrogens with zero attached hydrogens (tertiary/aromatic N) is 2. The van der Waals surface area contributed by atoms with E-state index in [2.05, 4.69) is 4.98 Å². The molecule has 0 saturated carbocycles. The van der Waals surface area contributed by atoms with Crippen LogP contribution in [0.5, 0.6) is 0 Å². The topological polar surface area (TPSA) is 90.4 Å². The van der Waals surface area contributed by atoms with Gasteiger partial charge in [-0.15, -0.1) is 0 Å². The van der Waals surface area contributed by atoms with E-state index < -0.39 is 30.0 Å². The first-order valence-corrected chi connectivity index (χ1v) is 5.44. The Labute approximate surface area is 101 Å². The molecule has 18 heavy (non-hydrogen) atoms. The summed E-state index contributed by atoms with van der Waals surface area (Å²) in [7, 11) is 0. The number of rotatable bonds is 2. The molecule has 8 heteroatoms. The Balaban J connectivity index is 2.42. The second-order valence-corrected chi connectivity index (χ2v) is 4.10. The van der Waals surface area contributed by atoms with Crippen LogP contribution in [0, 0.1) is 0 Å². The molecule has 0 bridgehead atoms. The zero-order valence-electron chi connectivity index (χ0n) is 9.59. The third-order valence-electron chi connectivity index (χ3n) is 2.89. The van der Waals surface area contributed by atoms with Gasteiger partial charge in [-0.25, -0.2) is 4.79 Å². The Bertz CT molecular complexity index is 505. The summed E-state index contributed by atoms with van der Waals surface area (Å²) in [5.74, 6) is -3.62. The molecule has 2 heterocycles. The van der Waals surface area contributed by atoms with E-state index in [1.54, 1.807) is 6.92 Å². The van der Waals surface area contributed by atoms with E-state index in [4.69, 9.17) is 10.5 Å². The van der Waals surface area contributed by atoms with Gasteiger partial charge in [0.25, 0.3) is 0 Å². The number of aromatic nitrogens is 2. The first-order chi connectivity index (χ1) is 8.37. The van der Waals surface area contributed by atoms with Crippen molar-refractivity contribution in [2.75, 3.05) is 5.73 Å². The maximum Gasteiger partial charge on any atom is 0.351 e. The number of hydrogen-bond acceptors (Lipinski definition) is 5. The van der Waals surface area contributed by atoms with Crippen LogP contribution >= 0.6 is 0 Å². The standard InChI is InChI=1S/C10H13F2N3O3/c1-2-5-7(16)10(11,12)8(18-5)15-4-3-6(13)14-9(15)17/h3-5,7-8,16H,2H2,1H3,(H2,13,14,17). The molecule has 1 aromatic rings. The van der Waals surface area contributed by atoms with E-state index in [0.29, 0.717) is 4.57 Å². The van der Waals surface area contributed by atoms with E-state index >= 15 is 0 Å². The van der Waals surface area contributed by atoms with E-state index in [9.17, 15) is 18.7 Å². The van der Waals surface area contributed by atoms with Crippen LogP contribution in [-0.2, 0) is 4.74 Å². The van der Waals surface area contributed by atoms with Gasteiger partial charge in [0.15, 0.2) is 0 Å². The molecule has 1 aliphatic rings. The summed E-state index contributed by atoms with van der Waals surface area (Å²) in [6.45, 7) is 1.61. The second-order valence-electron chi connectivity index (χ2n) is 4.10. The van der Waals surface area contributed by atoms with Crippen LogP contribution in [0.25, 0.3) is 0 Å². The Morgan fingerprint density at radius 2 is 2.33 bits per heavy atom. The van der Waals surface area contributed by atoms with Gasteiger partial charge in [-0.2, -0.15) is 13.8 Å². The zero-order valence-corrected chi connectivity index (χ0v) is 9.59. The van der Waals surface area contributed by atoms with Crippen molar-refractivity contribution in [2.24, 2.45) is 0 Å². The van der Waals surface area contributed by atoms with Crippen molar-refractivity contribution in [3.05, 3.63) is 22.7 Å². The van der Waals surface area contributed by atoms with E-state index in [1.165, 1.54) is 6.07 Å². The molecule has 1 aromatic heterocycles. The normalized spacial score (nSPS) is 30.6. The molecule has 100 valence electrons. The van der Waals surface area contributed by atoms with Gasteiger partial charge in [-0.05, 0) is 12.5 Å². The van der Waals surface area contributed by atoms with Gasteiger partial charge in [-0.3, -0.25) is 4.57 Å². The quantitative estimate of drug-likeness (QED) is 0.789. The number of halogens is 2. The van der Waals surface area contributed by atoms with Crippen LogP contribution in [0.1, 0.15) is 19.6 Å². The van der Waals surface area contributed by atoms with Crippen LogP contribution in [-0.4, -0.2) is 32.8 Å². The van der Waals surface area contributed by atoms with Crippen molar-refractivity contribution in [1.82, 2.24) is 9.55 Å². The number of nitrogens with two attached hydrogens (primary N) is 1. The maximum absolute atomic E-state index is 13.8. The number of anilines is 1. The summed E-state index contributed by atoms with van der Waals surface area (Å²) in [6, 6.07) is 1.21. The Kier molecular flexibility index (Phi) is 3.07. The predicted molar refractivity (Wildman–Crippen MR) is 58.1 cm³/mol. The second kappa shape index (κ2) is 4.29. The molecule has 1 fully saturated rings. The van der Waals surface area contributed by atoms with Crippen LogP contribution in [0.2, 0.25) is 0 Å². The van der Waals surface area contributed by atoms with Crippen LogP contribution < -0.4 is 11.4 Å². The Morgan fingerprint density at radius 1 is 1.67 bits per heavy atom. The number of aliphatic hydroxyl groups is 1. The van der Waals surface area contributed by atoms with Crippen LogP contribution in [0.3, 0.4) is 0 Å². The molecule has 1 saturated heterocycles. The summed E-state index contributed by atoms with van der Waals surface area (Å²) in [5.41, 5.74) is 4.33. The van der Waals surface area contributed by atoms with Crippen molar-refractivity contribution in [2.45, 2.75) is 37.7 Å². The largest absolute Gasteiger partial charge is 0.384 e. The van der Waals surface area contributed by atoms with Crippen molar-refractivity contribution in [3.63, 3.8) is 0 Å². The molecule has 2 rings (SSSR count). The highest BCUT2D eigenvalue weighted by molar-refractivity contribution is 5.23. The monoisotopic (exact) mass is 261 g/mol. The predicted octanol–water partition coefficient (Wildman–Crippen LogP) is 0.129. The van der Waals surface area contributed by atoms with E-state index in [0.717, 1.165) is 6.20 Å². The van der Waals surface area contributed by atoms with Gasteiger partial charge in [0.2, 0.25) is 6.23 Å². The molecule has 0 amide bonds. The lowest BCUT2D eigenvalue weighted by molar-refractivity contribution is -0.140. The molecule has 0 aliphatic carbocycles. The molecular formula is C10H13F2N3O3. The fraction of sp³-hybridized carbons (Fsp3) is 0.600. The number of alkyl halides is 2. The van der Waals surface area contributed by atoms with Crippen molar-refractivity contribution in [1.29, 1.82) is 0 Å². The highest BCUT2D eigenvalue weighted by Gasteiger charge is 2.59. The van der Waals surface area contributed by atoms with Crippen molar-refractivity contribution >= 4 is 5.82 Å². The van der Waals surface area contributed by atoms with Crippen molar-refractivity contribution in [3.8, 4) is 0 Å². The molecule has 3 unspecified atom stereocenters. The zero-order chi connectivity index (χ0) is 13.5. The average Bonchev–Trinajstić information content (AvgIpc) is 2.52. The fourth-order valence-electron chi connectivity index (χ4n) is 1.90. The first-order valence-electron chi connectivity index (χ1n) is 5.44. The molecule has 3 atom stereocenters. The molecule has 1 aliphatic heterocycles. The summed E-state index contributed by atoms with van der Waals surface area (Å²) < 4.78 is 33.3. The molecule has 0 spiro atoms. The first kappa shape index (κ1) is 12.9. The summed E-state index contributed by atoms with van der Waals surface area (Å²) in [6.07, 6.45) is -3.54. The smallest absolute Gasteiger partial charge is 0.351 e. The lowest BCUT2D eigenvalue weighted by atomic mass is 10.1. The highest BCUT2D eigenvalue weighted by Crippen LogP contribution is 2.42. The van der Waals surface area contributed by atoms with Gasteiger partial charge in [0, 0.05) is 6.20 Å². The highest BCUT2D eigenvalue weighted by atomic mass is 19.3. The Morgan fingerprint density at radius 3 is 2.83 bits per heavy atom. The summed E-state index contributed by atoms with van der Waals surface area (Å²) in [5, 5.41) is 9.46. The van der Waals surface area contributed by atoms with Gasteiger partial charge in [0.1, 0.15) is 11.9 Å². The van der Waals surface area contributed by atoms with Gasteiger partial charge in [0.05, 0.1) is 6.10 Å². The number of aliphatic hydroxyl groups excluding tert-OH is 1.